The number of rotatable bonds is 2. The van der Waals surface area contributed by atoms with Gasteiger partial charge in [-0.05, 0) is 48.4 Å². The summed E-state index contributed by atoms with van der Waals surface area (Å²) >= 11 is 2.35. The molecule has 0 spiro atoms. The molecule has 1 aliphatic rings. The van der Waals surface area contributed by atoms with Crippen LogP contribution in [0.15, 0.2) is 89.6 Å². The molecule has 0 bridgehead atoms. The van der Waals surface area contributed by atoms with Gasteiger partial charge in [-0.2, -0.15) is 4.57 Å². The van der Waals surface area contributed by atoms with Gasteiger partial charge in [0.25, 0.3) is 0 Å². The number of furan rings is 1. The van der Waals surface area contributed by atoms with Crippen LogP contribution in [0.1, 0.15) is 16.8 Å². The van der Waals surface area contributed by atoms with Crippen LogP contribution in [-0.2, 0) is 6.42 Å². The summed E-state index contributed by atoms with van der Waals surface area (Å²) in [4.78, 5) is 4.72. The molecule has 7 aromatic rings. The number of aromatic nitrogens is 3. The molecular weight excluding hydrogens is 557 g/mol. The van der Waals surface area contributed by atoms with Gasteiger partial charge in [-0.25, -0.2) is 4.98 Å². The number of pyridine rings is 3. The summed E-state index contributed by atoms with van der Waals surface area (Å²) in [7, 11) is 0. The first-order valence-electron chi connectivity index (χ1n) is 12.1. The quantitative estimate of drug-likeness (QED) is 0.126. The van der Waals surface area contributed by atoms with Crippen molar-refractivity contribution < 1.29 is 11.8 Å². The largest absolute Gasteiger partial charge is 0.438 e. The Hall–Kier alpha value is -3.84. The van der Waals surface area contributed by atoms with Crippen molar-refractivity contribution in [1.82, 2.24) is 4.98 Å². The highest BCUT2D eigenvalue weighted by atomic mass is 127. The first-order valence-corrected chi connectivity index (χ1v) is 13.0. The average Bonchev–Trinajstić information content (AvgIpc) is 3.27. The van der Waals surface area contributed by atoms with Gasteiger partial charge in [0.2, 0.25) is 16.9 Å². The number of hydrogen-bond donors (Lipinski definition) is 0. The Kier molecular flexibility index (Phi) is 4.15. The zero-order valence-corrected chi connectivity index (χ0v) is 21.7. The van der Waals surface area contributed by atoms with Crippen molar-refractivity contribution >= 4 is 78.4 Å². The summed E-state index contributed by atoms with van der Waals surface area (Å²) < 4.78 is 10.8. The molecule has 0 radical (unpaired) electrons. The van der Waals surface area contributed by atoms with Gasteiger partial charge in [0.15, 0.2) is 18.1 Å². The van der Waals surface area contributed by atoms with E-state index < -0.39 is 0 Å². The number of nitrogens with zero attached hydrogens (tertiary/aromatic N) is 3. The number of allylic oxidation sites excluding steroid dienone is 1. The second-order valence-electron chi connectivity index (χ2n) is 9.50. The third-order valence-electron chi connectivity index (χ3n) is 7.40. The fourth-order valence-electron chi connectivity index (χ4n) is 5.94. The highest BCUT2D eigenvalue weighted by Gasteiger charge is 2.31. The number of halogens is 1. The van der Waals surface area contributed by atoms with Crippen LogP contribution in [0.4, 0.5) is 0 Å². The molecule has 1 aliphatic heterocycles. The van der Waals surface area contributed by atoms with Gasteiger partial charge in [0.05, 0.1) is 28.1 Å². The summed E-state index contributed by atoms with van der Waals surface area (Å²) in [6.07, 6.45) is 7.49. The van der Waals surface area contributed by atoms with Gasteiger partial charge in [0, 0.05) is 40.7 Å². The molecule has 0 amide bonds. The Morgan fingerprint density at radius 1 is 0.889 bits per heavy atom. The molecule has 4 aromatic heterocycles. The molecule has 5 heterocycles. The van der Waals surface area contributed by atoms with Crippen LogP contribution in [-0.4, -0.2) is 4.98 Å². The van der Waals surface area contributed by atoms with E-state index in [1.165, 1.54) is 55.1 Å². The summed E-state index contributed by atoms with van der Waals surface area (Å²) in [5, 5.41) is 6.08. The second-order valence-corrected chi connectivity index (χ2v) is 10.5. The Bertz CT molecular complexity index is 2050. The minimum absolute atomic E-state index is 0.736. The van der Waals surface area contributed by atoms with E-state index in [9.17, 15) is 0 Å². The topological polar surface area (TPSA) is 33.8 Å². The van der Waals surface area contributed by atoms with E-state index in [-0.39, 0.29) is 0 Å². The van der Waals surface area contributed by atoms with E-state index in [0.29, 0.717) is 0 Å². The zero-order chi connectivity index (χ0) is 24.0. The van der Waals surface area contributed by atoms with E-state index in [0.717, 1.165) is 28.8 Å². The summed E-state index contributed by atoms with van der Waals surface area (Å²) in [6, 6.07) is 25.9. The lowest BCUT2D eigenvalue weighted by Gasteiger charge is -2.17. The molecule has 5 heteroatoms. The van der Waals surface area contributed by atoms with Crippen molar-refractivity contribution in [1.29, 1.82) is 0 Å². The molecule has 3 aromatic carbocycles. The van der Waals surface area contributed by atoms with Crippen molar-refractivity contribution in [2.24, 2.45) is 0 Å². The number of hydrogen-bond acceptors (Lipinski definition) is 2. The number of fused-ring (bicyclic) bond motifs is 1. The predicted molar refractivity (Wildman–Crippen MR) is 152 cm³/mol. The highest BCUT2D eigenvalue weighted by molar-refractivity contribution is 14.1. The first-order chi connectivity index (χ1) is 17.7. The van der Waals surface area contributed by atoms with E-state index >= 15 is 0 Å². The molecule has 0 N–H and O–H groups in total. The van der Waals surface area contributed by atoms with Crippen LogP contribution in [0, 0.1) is 6.92 Å². The maximum Gasteiger partial charge on any atom is 0.354 e. The second kappa shape index (κ2) is 7.34. The Morgan fingerprint density at radius 2 is 1.78 bits per heavy atom. The standard InChI is InChI=1S/C31H20IN3O/c1-18-15-24-23-9-6-13-34-21(16-19-7-2-3-8-22(19)25-10-4-5-14-35(25)32)17-20-11-12-26-29(27(20)30(23)34)28(24)31(33-18)36-26/h2-16H,17H2,1H3/q+2. The minimum atomic E-state index is 0.736. The lowest BCUT2D eigenvalue weighted by molar-refractivity contribution is -0.553. The lowest BCUT2D eigenvalue weighted by atomic mass is 9.90. The van der Waals surface area contributed by atoms with Gasteiger partial charge in [0.1, 0.15) is 5.58 Å². The van der Waals surface area contributed by atoms with Gasteiger partial charge >= 0.3 is 22.9 Å². The van der Waals surface area contributed by atoms with E-state index in [1.54, 1.807) is 0 Å². The molecule has 0 unspecified atom stereocenters. The lowest BCUT2D eigenvalue weighted by Crippen LogP contribution is -2.36. The maximum atomic E-state index is 6.25. The minimum Gasteiger partial charge on any atom is -0.438 e. The third-order valence-corrected chi connectivity index (χ3v) is 8.24. The van der Waals surface area contributed by atoms with Gasteiger partial charge in [-0.15, -0.1) is 2.78 Å². The zero-order valence-electron chi connectivity index (χ0n) is 19.5. The Morgan fingerprint density at radius 3 is 2.69 bits per heavy atom. The monoisotopic (exact) mass is 577 g/mol. The normalized spacial score (nSPS) is 14.3. The van der Waals surface area contributed by atoms with Crippen LogP contribution in [0.3, 0.4) is 0 Å². The molecule has 0 aliphatic carbocycles. The van der Waals surface area contributed by atoms with Gasteiger partial charge < -0.3 is 4.42 Å². The van der Waals surface area contributed by atoms with Gasteiger partial charge in [-0.1, -0.05) is 24.3 Å². The van der Waals surface area contributed by atoms with Crippen molar-refractivity contribution in [3.63, 3.8) is 0 Å². The predicted octanol–water partition coefficient (Wildman–Crippen LogP) is 7.03. The van der Waals surface area contributed by atoms with Crippen molar-refractivity contribution in [2.45, 2.75) is 13.3 Å². The van der Waals surface area contributed by atoms with Crippen LogP contribution >= 0.6 is 22.9 Å². The Labute approximate surface area is 221 Å². The van der Waals surface area contributed by atoms with Crippen LogP contribution in [0.25, 0.3) is 66.8 Å². The number of aryl methyl sites for hydroxylation is 1. The smallest absolute Gasteiger partial charge is 0.354 e. The Balaban J connectivity index is 1.47. The summed E-state index contributed by atoms with van der Waals surface area (Å²) in [5.74, 6) is 0. The van der Waals surface area contributed by atoms with Gasteiger partial charge in [-0.3, -0.25) is 0 Å². The fourth-order valence-corrected chi connectivity index (χ4v) is 6.55. The molecule has 0 atom stereocenters. The van der Waals surface area contributed by atoms with Crippen LogP contribution < -0.4 is 7.35 Å². The molecule has 8 rings (SSSR count). The molecule has 0 fully saturated rings. The average molecular weight is 577 g/mol. The summed E-state index contributed by atoms with van der Waals surface area (Å²) in [6.45, 7) is 2.04. The van der Waals surface area contributed by atoms with Crippen LogP contribution in [0.5, 0.6) is 0 Å². The molecule has 170 valence electrons. The third kappa shape index (κ3) is 2.72. The maximum absolute atomic E-state index is 6.25. The molecule has 4 nitrogen and oxygen atoms in total. The van der Waals surface area contributed by atoms with Crippen molar-refractivity contribution in [3.8, 4) is 11.3 Å². The SMILES string of the molecule is Cc1cc2c3ccc[n+]4c3c3c(ccc5oc(n1)c2c53)C/C4=C/c1ccccc1-c1cccc[n+]1I. The molecule has 0 saturated carbocycles. The van der Waals surface area contributed by atoms with E-state index in [2.05, 4.69) is 121 Å². The highest BCUT2D eigenvalue weighted by Crippen LogP contribution is 2.44. The number of benzene rings is 3. The van der Waals surface area contributed by atoms with Crippen molar-refractivity contribution in [3.05, 3.63) is 102 Å². The van der Waals surface area contributed by atoms with E-state index in [1.807, 2.05) is 6.92 Å². The summed E-state index contributed by atoms with van der Waals surface area (Å²) in [5.41, 5.74) is 10.1. The van der Waals surface area contributed by atoms with E-state index in [4.69, 9.17) is 9.40 Å². The fraction of sp³-hybridized carbons (Fsp3) is 0.0645. The first kappa shape index (κ1) is 20.4. The molecule has 36 heavy (non-hydrogen) atoms. The molecular formula is C31H20IN3O+2. The van der Waals surface area contributed by atoms with Crippen LogP contribution in [0.2, 0.25) is 0 Å². The molecule has 0 saturated heterocycles. The van der Waals surface area contributed by atoms with Crippen molar-refractivity contribution in [2.75, 3.05) is 0 Å².